The zero-order chi connectivity index (χ0) is 8.15. The second kappa shape index (κ2) is 3.61. The Morgan fingerprint density at radius 3 is 2.00 bits per heavy atom. The third kappa shape index (κ3) is 1.85. The SMILES string of the molecule is C=C.CC1=CC(=O)OC1=O. The second-order valence-electron chi connectivity index (χ2n) is 1.54. The van der Waals surface area contributed by atoms with Crippen molar-refractivity contribution in [3.63, 3.8) is 0 Å². The van der Waals surface area contributed by atoms with E-state index in [9.17, 15) is 9.59 Å². The van der Waals surface area contributed by atoms with Crippen molar-refractivity contribution >= 4 is 11.9 Å². The lowest BCUT2D eigenvalue weighted by molar-refractivity contribution is -0.150. The van der Waals surface area contributed by atoms with Gasteiger partial charge in [-0.3, -0.25) is 0 Å². The van der Waals surface area contributed by atoms with Crippen LogP contribution in [0.5, 0.6) is 0 Å². The Balaban J connectivity index is 0.000000371. The van der Waals surface area contributed by atoms with Gasteiger partial charge in [0.2, 0.25) is 0 Å². The largest absolute Gasteiger partial charge is 0.386 e. The Bertz CT molecular complexity index is 191. The lowest BCUT2D eigenvalue weighted by Gasteiger charge is -1.83. The fourth-order valence-corrected chi connectivity index (χ4v) is 0.437. The highest BCUT2D eigenvalue weighted by atomic mass is 16.6. The van der Waals surface area contributed by atoms with Gasteiger partial charge in [0, 0.05) is 11.6 Å². The van der Waals surface area contributed by atoms with Gasteiger partial charge in [-0.15, -0.1) is 13.2 Å². The number of hydrogen-bond donors (Lipinski definition) is 0. The van der Waals surface area contributed by atoms with E-state index in [1.54, 1.807) is 0 Å². The van der Waals surface area contributed by atoms with E-state index in [4.69, 9.17) is 0 Å². The van der Waals surface area contributed by atoms with Crippen molar-refractivity contribution in [1.82, 2.24) is 0 Å². The van der Waals surface area contributed by atoms with Crippen LogP contribution in [0, 0.1) is 0 Å². The number of carbonyl (C=O) groups is 2. The van der Waals surface area contributed by atoms with Gasteiger partial charge in [0.25, 0.3) is 0 Å². The average molecular weight is 140 g/mol. The van der Waals surface area contributed by atoms with Gasteiger partial charge in [-0.25, -0.2) is 9.59 Å². The van der Waals surface area contributed by atoms with E-state index in [1.165, 1.54) is 13.0 Å². The fraction of sp³-hybridized carbons (Fsp3) is 0.143. The van der Waals surface area contributed by atoms with Crippen molar-refractivity contribution in [3.05, 3.63) is 24.8 Å². The molecule has 1 rings (SSSR count). The molecule has 0 radical (unpaired) electrons. The summed E-state index contributed by atoms with van der Waals surface area (Å²) in [7, 11) is 0. The highest BCUT2D eigenvalue weighted by molar-refractivity contribution is 6.08. The van der Waals surface area contributed by atoms with Gasteiger partial charge < -0.3 is 4.74 Å². The van der Waals surface area contributed by atoms with Gasteiger partial charge >= 0.3 is 11.9 Å². The summed E-state index contributed by atoms with van der Waals surface area (Å²) >= 11 is 0. The van der Waals surface area contributed by atoms with Gasteiger partial charge in [0.15, 0.2) is 0 Å². The minimum absolute atomic E-state index is 0.370. The Labute approximate surface area is 59.0 Å². The van der Waals surface area contributed by atoms with Crippen LogP contribution in [0.1, 0.15) is 6.92 Å². The van der Waals surface area contributed by atoms with Gasteiger partial charge in [-0.2, -0.15) is 0 Å². The molecule has 1 aliphatic rings. The monoisotopic (exact) mass is 140 g/mol. The maximum absolute atomic E-state index is 10.3. The first-order chi connectivity index (χ1) is 4.70. The minimum atomic E-state index is -0.562. The van der Waals surface area contributed by atoms with Crippen LogP contribution in [-0.4, -0.2) is 11.9 Å². The van der Waals surface area contributed by atoms with Crippen LogP contribution >= 0.6 is 0 Å². The number of esters is 2. The number of rotatable bonds is 0. The molecule has 0 unspecified atom stereocenters. The highest BCUT2D eigenvalue weighted by Gasteiger charge is 2.18. The number of ether oxygens (including phenoxy) is 1. The molecule has 0 aromatic carbocycles. The summed E-state index contributed by atoms with van der Waals surface area (Å²) in [5.74, 6) is -1.09. The molecule has 0 spiro atoms. The van der Waals surface area contributed by atoms with E-state index >= 15 is 0 Å². The molecule has 10 heavy (non-hydrogen) atoms. The predicted octanol–water partition coefficient (Wildman–Crippen LogP) is 0.818. The van der Waals surface area contributed by atoms with E-state index < -0.39 is 11.9 Å². The molecule has 54 valence electrons. The number of hydrogen-bond acceptors (Lipinski definition) is 3. The summed E-state index contributed by atoms with van der Waals surface area (Å²) in [6.07, 6.45) is 1.17. The first-order valence-corrected chi connectivity index (χ1v) is 2.64. The summed E-state index contributed by atoms with van der Waals surface area (Å²) in [6, 6.07) is 0. The zero-order valence-electron chi connectivity index (χ0n) is 5.72. The lowest BCUT2D eigenvalue weighted by atomic mass is 10.3. The molecular formula is C7H8O3. The average Bonchev–Trinajstić information content (AvgIpc) is 2.16. The van der Waals surface area contributed by atoms with Gasteiger partial charge in [0.1, 0.15) is 0 Å². The zero-order valence-corrected chi connectivity index (χ0v) is 5.72. The molecule has 3 heteroatoms. The van der Waals surface area contributed by atoms with Crippen LogP contribution < -0.4 is 0 Å². The lowest BCUT2D eigenvalue weighted by Crippen LogP contribution is -1.99. The molecule has 1 aliphatic heterocycles. The molecule has 0 fully saturated rings. The number of cyclic esters (lactones) is 2. The Kier molecular flexibility index (Phi) is 3.11. The molecule has 0 N–H and O–H groups in total. The van der Waals surface area contributed by atoms with Crippen molar-refractivity contribution in [2.75, 3.05) is 0 Å². The normalized spacial score (nSPS) is 15.1. The third-order valence-corrected chi connectivity index (χ3v) is 0.850. The minimum Gasteiger partial charge on any atom is -0.386 e. The van der Waals surface area contributed by atoms with Crippen LogP contribution in [-0.2, 0) is 14.3 Å². The maximum Gasteiger partial charge on any atom is 0.341 e. The van der Waals surface area contributed by atoms with Crippen molar-refractivity contribution in [3.8, 4) is 0 Å². The summed E-state index contributed by atoms with van der Waals surface area (Å²) in [5.41, 5.74) is 0.370. The van der Waals surface area contributed by atoms with E-state index in [1.807, 2.05) is 0 Å². The molecule has 3 nitrogen and oxygen atoms in total. The van der Waals surface area contributed by atoms with Crippen LogP contribution in [0.4, 0.5) is 0 Å². The second-order valence-corrected chi connectivity index (χ2v) is 1.54. The van der Waals surface area contributed by atoms with E-state index in [2.05, 4.69) is 17.9 Å². The van der Waals surface area contributed by atoms with Gasteiger partial charge in [0.05, 0.1) is 0 Å². The molecule has 0 aromatic heterocycles. The first kappa shape index (κ1) is 8.62. The molecular weight excluding hydrogens is 132 g/mol. The maximum atomic E-state index is 10.3. The molecule has 0 saturated carbocycles. The summed E-state index contributed by atoms with van der Waals surface area (Å²) in [6.45, 7) is 7.53. The topological polar surface area (TPSA) is 43.4 Å². The van der Waals surface area contributed by atoms with Crippen molar-refractivity contribution in [1.29, 1.82) is 0 Å². The van der Waals surface area contributed by atoms with Crippen LogP contribution in [0.15, 0.2) is 24.8 Å². The van der Waals surface area contributed by atoms with Crippen LogP contribution in [0.3, 0.4) is 0 Å². The molecule has 0 bridgehead atoms. The molecule has 0 aliphatic carbocycles. The van der Waals surface area contributed by atoms with Crippen molar-refractivity contribution in [2.24, 2.45) is 0 Å². The van der Waals surface area contributed by atoms with Gasteiger partial charge in [-0.05, 0) is 6.92 Å². The van der Waals surface area contributed by atoms with Crippen molar-refractivity contribution in [2.45, 2.75) is 6.92 Å². The predicted molar refractivity (Wildman–Crippen MR) is 36.1 cm³/mol. The quantitative estimate of drug-likeness (QED) is 0.284. The van der Waals surface area contributed by atoms with Gasteiger partial charge in [-0.1, -0.05) is 0 Å². The molecule has 0 aromatic rings. The number of carbonyl (C=O) groups excluding carboxylic acids is 2. The van der Waals surface area contributed by atoms with E-state index in [0.29, 0.717) is 5.57 Å². The van der Waals surface area contributed by atoms with Crippen LogP contribution in [0.25, 0.3) is 0 Å². The summed E-state index contributed by atoms with van der Waals surface area (Å²) < 4.78 is 4.10. The summed E-state index contributed by atoms with van der Waals surface area (Å²) in [5, 5.41) is 0. The molecule has 0 saturated heterocycles. The summed E-state index contributed by atoms with van der Waals surface area (Å²) in [4.78, 5) is 20.4. The standard InChI is InChI=1S/C5H4O3.C2H4/c1-3-2-4(6)8-5(3)7;1-2/h2H,1H3;1-2H2. The highest BCUT2D eigenvalue weighted by Crippen LogP contribution is 2.04. The molecule has 1 heterocycles. The fourth-order valence-electron chi connectivity index (χ4n) is 0.437. The van der Waals surface area contributed by atoms with Crippen molar-refractivity contribution < 1.29 is 14.3 Å². The van der Waals surface area contributed by atoms with Crippen LogP contribution in [0.2, 0.25) is 0 Å². The van der Waals surface area contributed by atoms with E-state index in [0.717, 1.165) is 0 Å². The van der Waals surface area contributed by atoms with E-state index in [-0.39, 0.29) is 0 Å². The molecule has 0 amide bonds. The third-order valence-electron chi connectivity index (χ3n) is 0.850. The Morgan fingerprint density at radius 1 is 1.40 bits per heavy atom. The molecule has 0 atom stereocenters. The smallest absolute Gasteiger partial charge is 0.341 e. The Hall–Kier alpha value is -1.38. The first-order valence-electron chi connectivity index (χ1n) is 2.64. The Morgan fingerprint density at radius 2 is 1.90 bits per heavy atom.